The summed E-state index contributed by atoms with van der Waals surface area (Å²) in [4.78, 5) is 12.6. The van der Waals surface area contributed by atoms with Gasteiger partial charge in [-0.15, -0.1) is 10.3 Å². The Labute approximate surface area is 141 Å². The summed E-state index contributed by atoms with van der Waals surface area (Å²) in [7, 11) is -5.72. The third-order valence-electron chi connectivity index (χ3n) is 4.06. The molecule has 1 aliphatic rings. The maximum Gasteiger partial charge on any atom is 0.306 e. The fourth-order valence-electron chi connectivity index (χ4n) is 2.46. The SMILES string of the molecule is Cc1ccc(S(=O)(=O)OS2(CC(=O)C(C)(C)C)CCCC2)cc1. The summed E-state index contributed by atoms with van der Waals surface area (Å²) in [6.07, 6.45) is 1.85. The number of Topliss-reactive ketones (excluding diaryl/α,β-unsaturated/α-hetero) is 1. The van der Waals surface area contributed by atoms with Gasteiger partial charge < -0.3 is 0 Å². The molecule has 0 radical (unpaired) electrons. The Kier molecular flexibility index (Phi) is 5.28. The Bertz CT molecular complexity index is 664. The summed E-state index contributed by atoms with van der Waals surface area (Å²) >= 11 is 0. The van der Waals surface area contributed by atoms with Gasteiger partial charge in [0.2, 0.25) is 0 Å². The molecule has 0 amide bonds. The van der Waals surface area contributed by atoms with Crippen LogP contribution in [0, 0.1) is 12.3 Å². The van der Waals surface area contributed by atoms with Crippen molar-refractivity contribution in [3.63, 3.8) is 0 Å². The molecule has 0 atom stereocenters. The van der Waals surface area contributed by atoms with Crippen molar-refractivity contribution in [2.45, 2.75) is 45.4 Å². The van der Waals surface area contributed by atoms with Crippen molar-refractivity contribution < 1.29 is 16.8 Å². The number of hydrogen-bond donors (Lipinski definition) is 0. The van der Waals surface area contributed by atoms with Crippen LogP contribution in [-0.4, -0.2) is 31.5 Å². The summed E-state index contributed by atoms with van der Waals surface area (Å²) in [5.41, 5.74) is 0.523. The molecule has 130 valence electrons. The van der Waals surface area contributed by atoms with Gasteiger partial charge in [0.1, 0.15) is 5.78 Å². The minimum Gasteiger partial charge on any atom is -0.298 e. The molecule has 0 aliphatic carbocycles. The van der Waals surface area contributed by atoms with Gasteiger partial charge in [-0.3, -0.25) is 4.79 Å². The molecule has 0 saturated carbocycles. The second kappa shape index (κ2) is 6.57. The molecule has 0 N–H and O–H groups in total. The number of aryl methyl sites for hydroxylation is 1. The molecule has 1 aromatic carbocycles. The highest BCUT2D eigenvalue weighted by molar-refractivity contribution is 8.33. The Morgan fingerprint density at radius 2 is 1.65 bits per heavy atom. The van der Waals surface area contributed by atoms with E-state index < -0.39 is 25.8 Å². The first-order valence-corrected chi connectivity index (χ1v) is 11.3. The first-order valence-electron chi connectivity index (χ1n) is 7.87. The molecule has 0 aromatic heterocycles. The Morgan fingerprint density at radius 1 is 1.13 bits per heavy atom. The average Bonchev–Trinajstić information content (AvgIpc) is 2.85. The van der Waals surface area contributed by atoms with Crippen molar-refractivity contribution in [3.8, 4) is 0 Å². The van der Waals surface area contributed by atoms with Gasteiger partial charge in [0, 0.05) is 16.9 Å². The summed E-state index contributed by atoms with van der Waals surface area (Å²) in [5, 5.41) is 0. The van der Waals surface area contributed by atoms with E-state index in [1.165, 1.54) is 0 Å². The fourth-order valence-corrected chi connectivity index (χ4v) is 8.36. The molecule has 23 heavy (non-hydrogen) atoms. The monoisotopic (exact) mass is 358 g/mol. The van der Waals surface area contributed by atoms with Crippen LogP contribution in [0.1, 0.15) is 39.2 Å². The van der Waals surface area contributed by atoms with E-state index in [9.17, 15) is 13.2 Å². The standard InChI is InChI=1S/C17H26O4S2/c1-14-7-9-15(10-8-14)23(19,20)21-22(11-5-6-12-22)13-16(18)17(2,3)4/h7-10H,5-6,11-13H2,1-4H3. The van der Waals surface area contributed by atoms with Crippen molar-refractivity contribution >= 4 is 26.2 Å². The third-order valence-corrected chi connectivity index (χ3v) is 9.63. The Balaban J connectivity index is 2.25. The van der Waals surface area contributed by atoms with Gasteiger partial charge in [0.25, 0.3) is 0 Å². The molecule has 2 rings (SSSR count). The highest BCUT2D eigenvalue weighted by Gasteiger charge is 2.39. The van der Waals surface area contributed by atoms with E-state index in [1.54, 1.807) is 24.3 Å². The molecule has 1 aromatic rings. The highest BCUT2D eigenvalue weighted by atomic mass is 32.3. The summed E-state index contributed by atoms with van der Waals surface area (Å²) in [5.74, 6) is 1.70. The average molecular weight is 359 g/mol. The first kappa shape index (κ1) is 18.5. The topological polar surface area (TPSA) is 60.4 Å². The molecule has 1 aliphatic heterocycles. The molecule has 1 heterocycles. The maximum absolute atomic E-state index is 12.6. The normalized spacial score (nSPS) is 19.5. The van der Waals surface area contributed by atoms with E-state index in [-0.39, 0.29) is 16.4 Å². The van der Waals surface area contributed by atoms with Crippen LogP contribution in [0.2, 0.25) is 0 Å². The zero-order valence-electron chi connectivity index (χ0n) is 14.3. The molecule has 1 saturated heterocycles. The number of hydrogen-bond acceptors (Lipinski definition) is 4. The van der Waals surface area contributed by atoms with Crippen molar-refractivity contribution in [3.05, 3.63) is 29.8 Å². The van der Waals surface area contributed by atoms with E-state index in [0.29, 0.717) is 11.5 Å². The smallest absolute Gasteiger partial charge is 0.298 e. The van der Waals surface area contributed by atoms with E-state index in [0.717, 1.165) is 18.4 Å². The van der Waals surface area contributed by atoms with Crippen LogP contribution in [0.25, 0.3) is 0 Å². The highest BCUT2D eigenvalue weighted by Crippen LogP contribution is 2.57. The van der Waals surface area contributed by atoms with E-state index in [2.05, 4.69) is 0 Å². The van der Waals surface area contributed by atoms with Crippen molar-refractivity contribution in [2.24, 2.45) is 5.41 Å². The van der Waals surface area contributed by atoms with Gasteiger partial charge in [-0.2, -0.15) is 8.42 Å². The molecule has 6 heteroatoms. The molecule has 0 spiro atoms. The van der Waals surface area contributed by atoms with Crippen LogP contribution >= 0.6 is 10.3 Å². The van der Waals surface area contributed by atoms with E-state index >= 15 is 0 Å². The lowest BCUT2D eigenvalue weighted by molar-refractivity contribution is -0.123. The van der Waals surface area contributed by atoms with E-state index in [1.807, 2.05) is 27.7 Å². The zero-order chi connectivity index (χ0) is 17.3. The number of carbonyl (C=O) groups excluding carboxylic acids is 1. The Hall–Kier alpha value is -0.850. The van der Waals surface area contributed by atoms with Crippen molar-refractivity contribution in [1.29, 1.82) is 0 Å². The van der Waals surface area contributed by atoms with Crippen LogP contribution in [0.15, 0.2) is 29.2 Å². The van der Waals surface area contributed by atoms with Gasteiger partial charge in [0.05, 0.1) is 10.6 Å². The molecule has 4 nitrogen and oxygen atoms in total. The number of benzene rings is 1. The second-order valence-electron chi connectivity index (χ2n) is 7.23. The van der Waals surface area contributed by atoms with Gasteiger partial charge in [-0.05, 0) is 31.9 Å². The maximum atomic E-state index is 12.6. The zero-order valence-corrected chi connectivity index (χ0v) is 15.9. The number of carbonyl (C=O) groups is 1. The van der Waals surface area contributed by atoms with Crippen LogP contribution < -0.4 is 0 Å². The van der Waals surface area contributed by atoms with E-state index in [4.69, 9.17) is 3.63 Å². The van der Waals surface area contributed by atoms with Gasteiger partial charge in [-0.25, -0.2) is 3.63 Å². The van der Waals surface area contributed by atoms with Crippen LogP contribution in [-0.2, 0) is 18.5 Å². The summed E-state index contributed by atoms with van der Waals surface area (Å²) in [6, 6.07) is 6.65. The van der Waals surface area contributed by atoms with Crippen LogP contribution in [0.3, 0.4) is 0 Å². The van der Waals surface area contributed by atoms with Crippen LogP contribution in [0.4, 0.5) is 0 Å². The number of ketones is 1. The molecular formula is C17H26O4S2. The lowest BCUT2D eigenvalue weighted by Gasteiger charge is -2.35. The Morgan fingerprint density at radius 3 is 2.13 bits per heavy atom. The van der Waals surface area contributed by atoms with Gasteiger partial charge in [-0.1, -0.05) is 38.5 Å². The summed E-state index contributed by atoms with van der Waals surface area (Å²) < 4.78 is 31.0. The van der Waals surface area contributed by atoms with Gasteiger partial charge >= 0.3 is 10.1 Å². The fraction of sp³-hybridized carbons (Fsp3) is 0.588. The van der Waals surface area contributed by atoms with Crippen molar-refractivity contribution in [2.75, 3.05) is 17.3 Å². The lowest BCUT2D eigenvalue weighted by atomic mass is 9.92. The summed E-state index contributed by atoms with van der Waals surface area (Å²) in [6.45, 7) is 7.51. The molecule has 1 fully saturated rings. The number of rotatable bonds is 5. The second-order valence-corrected chi connectivity index (χ2v) is 12.2. The predicted octanol–water partition coefficient (Wildman–Crippen LogP) is 3.83. The van der Waals surface area contributed by atoms with Crippen LogP contribution in [0.5, 0.6) is 0 Å². The quantitative estimate of drug-likeness (QED) is 0.802. The predicted molar refractivity (Wildman–Crippen MR) is 95.3 cm³/mol. The first-order chi connectivity index (χ1) is 10.5. The minimum atomic E-state index is -3.83. The lowest BCUT2D eigenvalue weighted by Crippen LogP contribution is -2.29. The third kappa shape index (κ3) is 4.58. The molecular weight excluding hydrogens is 332 g/mol. The molecule has 0 bridgehead atoms. The van der Waals surface area contributed by atoms with Gasteiger partial charge in [0.15, 0.2) is 0 Å². The molecule has 0 unspecified atom stereocenters. The largest absolute Gasteiger partial charge is 0.306 e. The minimum absolute atomic E-state index is 0.0773. The van der Waals surface area contributed by atoms with Crippen molar-refractivity contribution in [1.82, 2.24) is 0 Å².